The van der Waals surface area contributed by atoms with E-state index in [0.29, 0.717) is 5.52 Å². The van der Waals surface area contributed by atoms with Crippen LogP contribution in [0.2, 0.25) is 0 Å². The van der Waals surface area contributed by atoms with Crippen LogP contribution in [-0.4, -0.2) is 28.5 Å². The van der Waals surface area contributed by atoms with E-state index in [4.69, 9.17) is 0 Å². The van der Waals surface area contributed by atoms with Gasteiger partial charge in [-0.2, -0.15) is 0 Å². The third-order valence-corrected chi connectivity index (χ3v) is 3.75. The standard InChI is InChI=1S/C14H16N4O2/c1-14(6-8-15-9-14)17-11-4-5-12(18(19)20)13-10(11)3-2-7-16-13/h2-5,7,15,17H,6,8-9H2,1H3. The van der Waals surface area contributed by atoms with Crippen LogP contribution in [0.5, 0.6) is 0 Å². The van der Waals surface area contributed by atoms with Crippen molar-refractivity contribution in [1.29, 1.82) is 0 Å². The number of hydrogen-bond acceptors (Lipinski definition) is 5. The van der Waals surface area contributed by atoms with Crippen LogP contribution in [0.1, 0.15) is 13.3 Å². The van der Waals surface area contributed by atoms with Gasteiger partial charge in [-0.15, -0.1) is 0 Å². The zero-order chi connectivity index (χ0) is 14.2. The Balaban J connectivity index is 2.08. The van der Waals surface area contributed by atoms with Crippen molar-refractivity contribution in [2.45, 2.75) is 18.9 Å². The summed E-state index contributed by atoms with van der Waals surface area (Å²) in [5.74, 6) is 0. The fourth-order valence-electron chi connectivity index (χ4n) is 2.66. The summed E-state index contributed by atoms with van der Waals surface area (Å²) in [5.41, 5.74) is 1.33. The average molecular weight is 272 g/mol. The lowest BCUT2D eigenvalue weighted by Gasteiger charge is -2.26. The molecule has 1 saturated heterocycles. The molecule has 0 radical (unpaired) electrons. The molecule has 6 heteroatoms. The van der Waals surface area contributed by atoms with Gasteiger partial charge in [0.2, 0.25) is 0 Å². The van der Waals surface area contributed by atoms with Crippen molar-refractivity contribution in [3.63, 3.8) is 0 Å². The van der Waals surface area contributed by atoms with Crippen LogP contribution in [0.3, 0.4) is 0 Å². The van der Waals surface area contributed by atoms with E-state index in [1.807, 2.05) is 6.07 Å². The quantitative estimate of drug-likeness (QED) is 0.662. The number of pyridine rings is 1. The zero-order valence-corrected chi connectivity index (χ0v) is 11.2. The normalized spacial score (nSPS) is 22.1. The summed E-state index contributed by atoms with van der Waals surface area (Å²) in [6.45, 7) is 4.01. The maximum atomic E-state index is 11.1. The molecular weight excluding hydrogens is 256 g/mol. The molecule has 3 rings (SSSR count). The van der Waals surface area contributed by atoms with Gasteiger partial charge in [0.15, 0.2) is 0 Å². The number of nitro groups is 1. The fraction of sp³-hybridized carbons (Fsp3) is 0.357. The molecule has 104 valence electrons. The predicted molar refractivity (Wildman–Crippen MR) is 77.9 cm³/mol. The Morgan fingerprint density at radius 3 is 3.00 bits per heavy atom. The van der Waals surface area contributed by atoms with Crippen molar-refractivity contribution in [1.82, 2.24) is 10.3 Å². The molecule has 0 bridgehead atoms. The molecule has 0 saturated carbocycles. The van der Waals surface area contributed by atoms with Crippen molar-refractivity contribution < 1.29 is 4.92 Å². The molecular formula is C14H16N4O2. The molecule has 1 aliphatic heterocycles. The van der Waals surface area contributed by atoms with Crippen molar-refractivity contribution in [3.05, 3.63) is 40.6 Å². The Morgan fingerprint density at radius 2 is 2.30 bits per heavy atom. The lowest BCUT2D eigenvalue weighted by atomic mass is 10.00. The number of nitrogens with zero attached hydrogens (tertiary/aromatic N) is 2. The summed E-state index contributed by atoms with van der Waals surface area (Å²) in [5, 5.41) is 18.7. The van der Waals surface area contributed by atoms with Crippen molar-refractivity contribution in [2.24, 2.45) is 0 Å². The second-order valence-corrected chi connectivity index (χ2v) is 5.40. The van der Waals surface area contributed by atoms with Gasteiger partial charge >= 0.3 is 0 Å². The predicted octanol–water partition coefficient (Wildman–Crippen LogP) is 2.31. The minimum Gasteiger partial charge on any atom is -0.378 e. The summed E-state index contributed by atoms with van der Waals surface area (Å²) < 4.78 is 0. The molecule has 20 heavy (non-hydrogen) atoms. The van der Waals surface area contributed by atoms with Gasteiger partial charge in [-0.1, -0.05) is 0 Å². The second kappa shape index (κ2) is 4.72. The van der Waals surface area contributed by atoms with Gasteiger partial charge in [0.25, 0.3) is 5.69 Å². The summed E-state index contributed by atoms with van der Waals surface area (Å²) in [6, 6.07) is 6.95. The number of hydrogen-bond donors (Lipinski definition) is 2. The zero-order valence-electron chi connectivity index (χ0n) is 11.2. The van der Waals surface area contributed by atoms with E-state index in [9.17, 15) is 10.1 Å². The number of fused-ring (bicyclic) bond motifs is 1. The Morgan fingerprint density at radius 1 is 1.45 bits per heavy atom. The summed E-state index contributed by atoms with van der Waals surface area (Å²) in [6.07, 6.45) is 2.60. The van der Waals surface area contributed by atoms with Crippen molar-refractivity contribution in [3.8, 4) is 0 Å². The first kappa shape index (κ1) is 12.8. The summed E-state index contributed by atoms with van der Waals surface area (Å²) >= 11 is 0. The van der Waals surface area contributed by atoms with Crippen LogP contribution in [0, 0.1) is 10.1 Å². The van der Waals surface area contributed by atoms with Gasteiger partial charge in [0.05, 0.1) is 4.92 Å². The first-order valence-electron chi connectivity index (χ1n) is 6.60. The smallest absolute Gasteiger partial charge is 0.295 e. The first-order chi connectivity index (χ1) is 9.59. The molecule has 2 N–H and O–H groups in total. The minimum atomic E-state index is -0.391. The molecule has 1 unspecified atom stereocenters. The number of rotatable bonds is 3. The lowest BCUT2D eigenvalue weighted by Crippen LogP contribution is -2.36. The molecule has 1 fully saturated rings. The third kappa shape index (κ3) is 2.18. The minimum absolute atomic E-state index is 0.0289. The van der Waals surface area contributed by atoms with Crippen molar-refractivity contribution in [2.75, 3.05) is 18.4 Å². The van der Waals surface area contributed by atoms with E-state index in [0.717, 1.165) is 30.6 Å². The second-order valence-electron chi connectivity index (χ2n) is 5.40. The van der Waals surface area contributed by atoms with Crippen LogP contribution < -0.4 is 10.6 Å². The molecule has 2 heterocycles. The highest BCUT2D eigenvalue weighted by atomic mass is 16.6. The van der Waals surface area contributed by atoms with Gasteiger partial charge in [-0.05, 0) is 38.1 Å². The van der Waals surface area contributed by atoms with E-state index in [1.165, 1.54) is 6.07 Å². The summed E-state index contributed by atoms with van der Waals surface area (Å²) in [4.78, 5) is 14.8. The van der Waals surface area contributed by atoms with Crippen LogP contribution in [0.25, 0.3) is 10.9 Å². The fourth-order valence-corrected chi connectivity index (χ4v) is 2.66. The molecule has 6 nitrogen and oxygen atoms in total. The first-order valence-corrected chi connectivity index (χ1v) is 6.60. The van der Waals surface area contributed by atoms with Crippen LogP contribution >= 0.6 is 0 Å². The highest BCUT2D eigenvalue weighted by Crippen LogP contribution is 2.32. The van der Waals surface area contributed by atoms with E-state index in [2.05, 4.69) is 22.5 Å². The molecule has 1 aliphatic rings. The molecule has 0 aliphatic carbocycles. The van der Waals surface area contributed by atoms with Gasteiger partial charge < -0.3 is 10.6 Å². The van der Waals surface area contributed by atoms with E-state index >= 15 is 0 Å². The van der Waals surface area contributed by atoms with E-state index in [-0.39, 0.29) is 11.2 Å². The topological polar surface area (TPSA) is 80.1 Å². The van der Waals surface area contributed by atoms with Crippen LogP contribution in [-0.2, 0) is 0 Å². The molecule has 1 aromatic carbocycles. The van der Waals surface area contributed by atoms with Gasteiger partial charge in [0.1, 0.15) is 5.52 Å². The molecule has 1 atom stereocenters. The molecule has 1 aromatic heterocycles. The number of nitrogens with one attached hydrogen (secondary N) is 2. The SMILES string of the molecule is CC1(Nc2ccc([N+](=O)[O-])c3ncccc23)CCNC1. The average Bonchev–Trinajstić information content (AvgIpc) is 2.85. The Bertz CT molecular complexity index is 665. The van der Waals surface area contributed by atoms with Crippen molar-refractivity contribution >= 4 is 22.3 Å². The Hall–Kier alpha value is -2.21. The molecule has 0 spiro atoms. The van der Waals surface area contributed by atoms with Crippen LogP contribution in [0.15, 0.2) is 30.5 Å². The van der Waals surface area contributed by atoms with Gasteiger partial charge in [-0.3, -0.25) is 10.1 Å². The largest absolute Gasteiger partial charge is 0.378 e. The lowest BCUT2D eigenvalue weighted by molar-refractivity contribution is -0.383. The summed E-state index contributed by atoms with van der Waals surface area (Å²) in [7, 11) is 0. The van der Waals surface area contributed by atoms with E-state index < -0.39 is 4.92 Å². The number of nitro benzene ring substituents is 1. The maximum absolute atomic E-state index is 11.1. The Labute approximate surface area is 116 Å². The number of aromatic nitrogens is 1. The highest BCUT2D eigenvalue weighted by molar-refractivity contribution is 5.97. The highest BCUT2D eigenvalue weighted by Gasteiger charge is 2.29. The number of non-ortho nitro benzene ring substituents is 1. The molecule has 0 amide bonds. The monoisotopic (exact) mass is 272 g/mol. The maximum Gasteiger partial charge on any atom is 0.295 e. The van der Waals surface area contributed by atoms with Gasteiger partial charge in [-0.25, -0.2) is 4.98 Å². The Kier molecular flexibility index (Phi) is 3.02. The third-order valence-electron chi connectivity index (χ3n) is 3.75. The van der Waals surface area contributed by atoms with Gasteiger partial charge in [0, 0.05) is 35.4 Å². The number of benzene rings is 1. The number of anilines is 1. The molecule has 2 aromatic rings. The van der Waals surface area contributed by atoms with Crippen LogP contribution in [0.4, 0.5) is 11.4 Å². The van der Waals surface area contributed by atoms with E-state index in [1.54, 1.807) is 18.3 Å².